The number of H-pyrrole nitrogens is 1. The molecule has 2 unspecified atom stereocenters. The van der Waals surface area contributed by atoms with Gasteiger partial charge in [-0.1, -0.05) is 26.0 Å². The quantitative estimate of drug-likeness (QED) is 0.499. The molecule has 0 radical (unpaired) electrons. The van der Waals surface area contributed by atoms with Crippen molar-refractivity contribution in [3.63, 3.8) is 0 Å². The number of anilines is 2. The number of benzene rings is 1. The fourth-order valence-corrected chi connectivity index (χ4v) is 5.63. The molecule has 3 heterocycles. The Labute approximate surface area is 210 Å². The molecule has 3 N–H and O–H groups in total. The fraction of sp³-hybridized carbons (Fsp3) is 0.481. The number of nitriles is 1. The van der Waals surface area contributed by atoms with Crippen molar-refractivity contribution >= 4 is 29.2 Å². The average molecular weight is 492 g/mol. The normalized spacial score (nSPS) is 25.4. The zero-order valence-electron chi connectivity index (χ0n) is 20.8. The van der Waals surface area contributed by atoms with E-state index in [-0.39, 0.29) is 22.9 Å². The molecule has 2 aromatic heterocycles. The third kappa shape index (κ3) is 4.92. The maximum absolute atomic E-state index is 12.7. The summed E-state index contributed by atoms with van der Waals surface area (Å²) in [6.45, 7) is 7.35. The summed E-state index contributed by atoms with van der Waals surface area (Å²) in [5, 5.41) is 29.4. The van der Waals surface area contributed by atoms with Gasteiger partial charge in [0, 0.05) is 18.5 Å². The van der Waals surface area contributed by atoms with Gasteiger partial charge in [-0.2, -0.15) is 10.4 Å². The van der Waals surface area contributed by atoms with Crippen LogP contribution in [0.5, 0.6) is 0 Å². The van der Waals surface area contributed by atoms with Gasteiger partial charge < -0.3 is 24.9 Å². The van der Waals surface area contributed by atoms with E-state index in [1.807, 2.05) is 31.1 Å². The number of nitrogens with one attached hydrogen (secondary N) is 2. The number of aromatic amines is 1. The van der Waals surface area contributed by atoms with E-state index in [0.717, 1.165) is 36.9 Å². The molecule has 1 saturated heterocycles. The Morgan fingerprint density at radius 1 is 1.25 bits per heavy atom. The van der Waals surface area contributed by atoms with Gasteiger partial charge in [-0.3, -0.25) is 9.48 Å². The van der Waals surface area contributed by atoms with Crippen molar-refractivity contribution in [3.05, 3.63) is 52.4 Å². The van der Waals surface area contributed by atoms with Gasteiger partial charge in [0.25, 0.3) is 5.56 Å². The molecule has 190 valence electrons. The molecule has 9 nitrogen and oxygen atoms in total. The first kappa shape index (κ1) is 25.6. The van der Waals surface area contributed by atoms with Crippen LogP contribution in [0.2, 0.25) is 0 Å². The lowest BCUT2D eigenvalue weighted by Gasteiger charge is -2.42. The van der Waals surface area contributed by atoms with Crippen molar-refractivity contribution in [1.82, 2.24) is 14.8 Å². The van der Waals surface area contributed by atoms with Crippen LogP contribution >= 0.6 is 0 Å². The molecule has 5 rings (SSSR count). The third-order valence-corrected chi connectivity index (χ3v) is 7.34. The number of aromatic nitrogens is 3. The Morgan fingerprint density at radius 2 is 2.00 bits per heavy atom. The summed E-state index contributed by atoms with van der Waals surface area (Å²) in [5.74, 6) is 0.202. The first-order chi connectivity index (χ1) is 17.3. The summed E-state index contributed by atoms with van der Waals surface area (Å²) in [4.78, 5) is 23.5. The van der Waals surface area contributed by atoms with E-state index < -0.39 is 5.60 Å². The number of ether oxygens (including phenoxy) is 1. The van der Waals surface area contributed by atoms with E-state index in [1.165, 1.54) is 0 Å². The highest BCUT2D eigenvalue weighted by Crippen LogP contribution is 2.46. The molecular weight excluding hydrogens is 458 g/mol. The van der Waals surface area contributed by atoms with Crippen molar-refractivity contribution in [1.29, 1.82) is 5.26 Å². The van der Waals surface area contributed by atoms with Crippen LogP contribution < -0.4 is 10.9 Å². The van der Waals surface area contributed by atoms with Crippen molar-refractivity contribution in [2.24, 2.45) is 11.3 Å². The van der Waals surface area contributed by atoms with Crippen LogP contribution in [0.15, 0.2) is 41.3 Å². The minimum atomic E-state index is -0.820. The highest BCUT2D eigenvalue weighted by molar-refractivity contribution is 5.91. The van der Waals surface area contributed by atoms with E-state index in [9.17, 15) is 15.2 Å². The maximum Gasteiger partial charge on any atom is 0.261 e. The smallest absolute Gasteiger partial charge is 0.261 e. The molecule has 9 heteroatoms. The van der Waals surface area contributed by atoms with E-state index in [2.05, 4.69) is 30.2 Å². The minimum absolute atomic E-state index is 0.112. The molecule has 2 fully saturated rings. The summed E-state index contributed by atoms with van der Waals surface area (Å²) in [6.07, 6.45) is 5.86. The second-order valence-corrected chi connectivity index (χ2v) is 10.5. The van der Waals surface area contributed by atoms with Crippen LogP contribution in [0, 0.1) is 22.7 Å². The molecule has 1 aromatic carbocycles. The van der Waals surface area contributed by atoms with Gasteiger partial charge in [0.05, 0.1) is 35.8 Å². The topological polar surface area (TPSA) is 133 Å². The SMILES string of the molecule is C=O.CC1(C)CCCC(O)(c2ccc(Nc3nn(C4COCC[C@@H]4C#N)c4cc[nH]c(=O)c34)cc2)C1. The van der Waals surface area contributed by atoms with Gasteiger partial charge in [-0.15, -0.1) is 0 Å². The van der Waals surface area contributed by atoms with Gasteiger partial charge >= 0.3 is 0 Å². The molecule has 0 amide bonds. The summed E-state index contributed by atoms with van der Waals surface area (Å²) < 4.78 is 7.38. The van der Waals surface area contributed by atoms with Crippen molar-refractivity contribution in [3.8, 4) is 6.07 Å². The molecule has 3 aromatic rings. The third-order valence-electron chi connectivity index (χ3n) is 7.34. The van der Waals surface area contributed by atoms with Gasteiger partial charge in [0.15, 0.2) is 5.82 Å². The lowest BCUT2D eigenvalue weighted by Crippen LogP contribution is -2.36. The number of rotatable bonds is 4. The van der Waals surface area contributed by atoms with Gasteiger partial charge in [0.2, 0.25) is 0 Å². The molecule has 1 saturated carbocycles. The Morgan fingerprint density at radius 3 is 2.69 bits per heavy atom. The molecular formula is C27H33N5O4. The molecule has 0 spiro atoms. The lowest BCUT2D eigenvalue weighted by atomic mass is 9.67. The van der Waals surface area contributed by atoms with Crippen LogP contribution in [0.3, 0.4) is 0 Å². The molecule has 1 aliphatic heterocycles. The Kier molecular flexibility index (Phi) is 7.29. The van der Waals surface area contributed by atoms with Crippen molar-refractivity contribution in [2.45, 2.75) is 57.6 Å². The number of pyridine rings is 1. The summed E-state index contributed by atoms with van der Waals surface area (Å²) >= 11 is 0. The van der Waals surface area contributed by atoms with E-state index >= 15 is 0 Å². The van der Waals surface area contributed by atoms with Crippen molar-refractivity contribution in [2.75, 3.05) is 18.5 Å². The number of hydrogen-bond acceptors (Lipinski definition) is 7. The Balaban J connectivity index is 0.00000148. The largest absolute Gasteiger partial charge is 0.385 e. The molecule has 0 bridgehead atoms. The summed E-state index contributed by atoms with van der Waals surface area (Å²) in [7, 11) is 0. The van der Waals surface area contributed by atoms with Gasteiger partial charge in [-0.05, 0) is 61.3 Å². The number of carbonyl (C=O) groups excluding carboxylic acids is 1. The monoisotopic (exact) mass is 491 g/mol. The zero-order chi connectivity index (χ0) is 25.9. The zero-order valence-corrected chi connectivity index (χ0v) is 20.8. The molecule has 1 aliphatic carbocycles. The maximum atomic E-state index is 12.7. The Bertz CT molecular complexity index is 1310. The van der Waals surface area contributed by atoms with E-state index in [4.69, 9.17) is 14.6 Å². The van der Waals surface area contributed by atoms with Crippen LogP contribution in [0.1, 0.15) is 57.6 Å². The number of carbonyl (C=O) groups is 1. The average Bonchev–Trinajstić information content (AvgIpc) is 3.24. The molecule has 3 atom stereocenters. The van der Waals surface area contributed by atoms with Crippen molar-refractivity contribution < 1.29 is 14.6 Å². The molecule has 36 heavy (non-hydrogen) atoms. The number of aliphatic hydroxyl groups is 1. The second kappa shape index (κ2) is 10.2. The first-order valence-electron chi connectivity index (χ1n) is 12.3. The standard InChI is InChI=1S/C26H31N5O3.CH2O/c1-25(2)10-3-11-26(33,16-25)18-4-6-19(7-5-18)29-23-22-20(8-12-28-24(22)32)31(30-23)21-15-34-13-9-17(21)14-27;1-2/h4-8,12,17,21,33H,3,9-11,13,15-16H2,1-2H3,(H,28,32)(H,29,30);1H2/t17-,21?,26?;/m1./s1. The van der Waals surface area contributed by atoms with Gasteiger partial charge in [-0.25, -0.2) is 0 Å². The number of fused-ring (bicyclic) bond motifs is 1. The molecule has 2 aliphatic rings. The predicted octanol–water partition coefficient (Wildman–Crippen LogP) is 4.17. The number of hydrogen-bond donors (Lipinski definition) is 3. The van der Waals surface area contributed by atoms with E-state index in [0.29, 0.717) is 36.4 Å². The Hall–Kier alpha value is -3.48. The summed E-state index contributed by atoms with van der Waals surface area (Å²) in [6, 6.07) is 11.6. The summed E-state index contributed by atoms with van der Waals surface area (Å²) in [5.41, 5.74) is 1.40. The van der Waals surface area contributed by atoms with Crippen LogP contribution in [-0.2, 0) is 15.1 Å². The van der Waals surface area contributed by atoms with Crippen LogP contribution in [0.25, 0.3) is 10.9 Å². The fourth-order valence-electron chi connectivity index (χ4n) is 5.63. The van der Waals surface area contributed by atoms with Gasteiger partial charge in [0.1, 0.15) is 12.2 Å². The second-order valence-electron chi connectivity index (χ2n) is 10.5. The first-order valence-corrected chi connectivity index (χ1v) is 12.3. The predicted molar refractivity (Wildman–Crippen MR) is 137 cm³/mol. The highest BCUT2D eigenvalue weighted by atomic mass is 16.5. The van der Waals surface area contributed by atoms with Crippen LogP contribution in [0.4, 0.5) is 11.5 Å². The highest BCUT2D eigenvalue weighted by Gasteiger charge is 2.39. The van der Waals surface area contributed by atoms with Crippen LogP contribution in [-0.4, -0.2) is 39.9 Å². The minimum Gasteiger partial charge on any atom is -0.385 e. The number of nitrogens with zero attached hydrogens (tertiary/aromatic N) is 3. The van der Waals surface area contributed by atoms with E-state index in [1.54, 1.807) is 16.9 Å². The lowest BCUT2D eigenvalue weighted by molar-refractivity contribution is -0.0980.